The van der Waals surface area contributed by atoms with Gasteiger partial charge in [-0.05, 0) is 44.7 Å². The fourth-order valence-corrected chi connectivity index (χ4v) is 4.77. The maximum Gasteiger partial charge on any atom is 0.256 e. The highest BCUT2D eigenvalue weighted by Gasteiger charge is 2.24. The van der Waals surface area contributed by atoms with Crippen LogP contribution >= 0.6 is 0 Å². The van der Waals surface area contributed by atoms with Crippen LogP contribution in [-0.4, -0.2) is 66.0 Å². The standard InChI is InChI=1S/C23H27F3N8O2/c1-12-28-17-7-6-16(30-22(17)33(12)11-18(25)26)19-15(24)10-34-20(19)21(27)31-23(32-34)29-13-2-4-14(5-3-13)36-9-8-35/h6-7,10,13-14,18,35H,2-5,8-9,11H2,1H3,(H3,27,29,31,32). The average molecular weight is 505 g/mol. The minimum absolute atomic E-state index is 0.00306. The number of anilines is 2. The largest absolute Gasteiger partial charge is 0.394 e. The molecule has 4 aromatic rings. The lowest BCUT2D eigenvalue weighted by atomic mass is 9.93. The van der Waals surface area contributed by atoms with Gasteiger partial charge in [-0.3, -0.25) is 0 Å². The van der Waals surface area contributed by atoms with Gasteiger partial charge in [0.05, 0.1) is 43.3 Å². The van der Waals surface area contributed by atoms with Crippen molar-refractivity contribution in [3.8, 4) is 11.3 Å². The van der Waals surface area contributed by atoms with Crippen molar-refractivity contribution in [2.75, 3.05) is 24.3 Å². The molecule has 0 aromatic carbocycles. The van der Waals surface area contributed by atoms with Crippen molar-refractivity contribution in [3.63, 3.8) is 0 Å². The summed E-state index contributed by atoms with van der Waals surface area (Å²) in [7, 11) is 0. The number of nitrogens with zero attached hydrogens (tertiary/aromatic N) is 6. The number of ether oxygens (including phenoxy) is 1. The minimum Gasteiger partial charge on any atom is -0.394 e. The number of nitrogens with one attached hydrogen (secondary N) is 1. The smallest absolute Gasteiger partial charge is 0.256 e. The number of hydrogen-bond donors (Lipinski definition) is 3. The maximum atomic E-state index is 15.1. The minimum atomic E-state index is -2.59. The monoisotopic (exact) mass is 504 g/mol. The lowest BCUT2D eigenvalue weighted by molar-refractivity contribution is 0.00719. The zero-order valence-electron chi connectivity index (χ0n) is 19.7. The second kappa shape index (κ2) is 9.90. The summed E-state index contributed by atoms with van der Waals surface area (Å²) < 4.78 is 49.5. The van der Waals surface area contributed by atoms with E-state index in [1.807, 2.05) is 0 Å². The number of aliphatic hydroxyl groups excluding tert-OH is 1. The Kier molecular flexibility index (Phi) is 6.67. The molecule has 4 aromatic heterocycles. The number of halogens is 3. The number of nitrogens with two attached hydrogens (primary N) is 1. The van der Waals surface area contributed by atoms with E-state index in [-0.39, 0.29) is 52.9 Å². The first-order valence-corrected chi connectivity index (χ1v) is 11.8. The summed E-state index contributed by atoms with van der Waals surface area (Å²) in [5.74, 6) is 0.115. The number of hydrogen-bond acceptors (Lipinski definition) is 8. The van der Waals surface area contributed by atoms with Gasteiger partial charge in [-0.25, -0.2) is 27.7 Å². The van der Waals surface area contributed by atoms with E-state index in [4.69, 9.17) is 15.6 Å². The van der Waals surface area contributed by atoms with Crippen LogP contribution in [0, 0.1) is 12.7 Å². The van der Waals surface area contributed by atoms with Gasteiger partial charge < -0.3 is 25.5 Å². The van der Waals surface area contributed by atoms with Gasteiger partial charge in [0.2, 0.25) is 5.95 Å². The molecule has 0 aliphatic heterocycles. The van der Waals surface area contributed by atoms with Gasteiger partial charge in [0, 0.05) is 6.04 Å². The number of nitrogen functional groups attached to an aromatic ring is 1. The van der Waals surface area contributed by atoms with Crippen LogP contribution in [0.1, 0.15) is 31.5 Å². The SMILES string of the molecule is Cc1nc2ccc(-c3c(F)cn4nc(NC5CCC(OCCO)CC5)nc(N)c34)nc2n1CC(F)F. The van der Waals surface area contributed by atoms with E-state index >= 15 is 4.39 Å². The Morgan fingerprint density at radius 2 is 1.97 bits per heavy atom. The van der Waals surface area contributed by atoms with Crippen molar-refractivity contribution in [3.05, 3.63) is 30.0 Å². The fourth-order valence-electron chi connectivity index (χ4n) is 4.77. The predicted molar refractivity (Wildman–Crippen MR) is 127 cm³/mol. The highest BCUT2D eigenvalue weighted by atomic mass is 19.3. The van der Waals surface area contributed by atoms with Gasteiger partial charge in [0.25, 0.3) is 6.43 Å². The molecule has 0 spiro atoms. The van der Waals surface area contributed by atoms with Crippen LogP contribution in [0.5, 0.6) is 0 Å². The van der Waals surface area contributed by atoms with E-state index in [9.17, 15) is 8.78 Å². The molecule has 4 heterocycles. The first-order valence-electron chi connectivity index (χ1n) is 11.8. The van der Waals surface area contributed by atoms with Gasteiger partial charge in [-0.2, -0.15) is 4.98 Å². The zero-order chi connectivity index (χ0) is 25.4. The molecule has 0 saturated heterocycles. The van der Waals surface area contributed by atoms with Gasteiger partial charge >= 0.3 is 0 Å². The highest BCUT2D eigenvalue weighted by Crippen LogP contribution is 2.32. The number of rotatable bonds is 8. The van der Waals surface area contributed by atoms with E-state index in [2.05, 4.69) is 25.4 Å². The Hall–Kier alpha value is -3.45. The van der Waals surface area contributed by atoms with Crippen molar-refractivity contribution in [1.29, 1.82) is 0 Å². The van der Waals surface area contributed by atoms with E-state index in [0.29, 0.717) is 17.9 Å². The van der Waals surface area contributed by atoms with Crippen molar-refractivity contribution in [2.45, 2.75) is 57.7 Å². The second-order valence-corrected chi connectivity index (χ2v) is 8.88. The number of fused-ring (bicyclic) bond motifs is 2. The van der Waals surface area contributed by atoms with E-state index in [1.54, 1.807) is 19.1 Å². The van der Waals surface area contributed by atoms with Crippen molar-refractivity contribution in [1.82, 2.24) is 29.1 Å². The second-order valence-electron chi connectivity index (χ2n) is 8.88. The Balaban J connectivity index is 1.43. The molecule has 192 valence electrons. The number of aliphatic hydroxyl groups is 1. The third kappa shape index (κ3) is 4.67. The Labute approximate surface area is 204 Å². The van der Waals surface area contributed by atoms with Crippen LogP contribution in [0.4, 0.5) is 24.9 Å². The molecule has 0 radical (unpaired) electrons. The van der Waals surface area contributed by atoms with E-state index < -0.39 is 18.8 Å². The first kappa shape index (κ1) is 24.3. The maximum absolute atomic E-state index is 15.1. The average Bonchev–Trinajstić information content (AvgIpc) is 3.33. The molecule has 1 aliphatic carbocycles. The molecular weight excluding hydrogens is 477 g/mol. The fraction of sp³-hybridized carbons (Fsp3) is 0.478. The molecule has 0 bridgehead atoms. The summed E-state index contributed by atoms with van der Waals surface area (Å²) in [6.45, 7) is 1.39. The van der Waals surface area contributed by atoms with Gasteiger partial charge in [-0.15, -0.1) is 5.10 Å². The van der Waals surface area contributed by atoms with Crippen LogP contribution in [0.3, 0.4) is 0 Å². The molecule has 1 saturated carbocycles. The normalized spacial score (nSPS) is 18.5. The summed E-state index contributed by atoms with van der Waals surface area (Å²) >= 11 is 0. The Bertz CT molecular complexity index is 1380. The van der Waals surface area contributed by atoms with Crippen molar-refractivity contribution < 1.29 is 23.0 Å². The molecule has 13 heteroatoms. The summed E-state index contributed by atoms with van der Waals surface area (Å²) in [6.07, 6.45) is 2.07. The quantitative estimate of drug-likeness (QED) is 0.334. The lowest BCUT2D eigenvalue weighted by Gasteiger charge is -2.29. The third-order valence-corrected chi connectivity index (χ3v) is 6.42. The summed E-state index contributed by atoms with van der Waals surface area (Å²) in [4.78, 5) is 13.1. The first-order chi connectivity index (χ1) is 17.3. The molecule has 1 aliphatic rings. The number of pyridine rings is 1. The topological polar surface area (TPSA) is 128 Å². The van der Waals surface area contributed by atoms with Gasteiger partial charge in [0.15, 0.2) is 17.3 Å². The number of aromatic nitrogens is 6. The molecule has 5 rings (SSSR count). The summed E-state index contributed by atoms with van der Waals surface area (Å²) in [6, 6.07) is 3.30. The number of imidazole rings is 1. The predicted octanol–water partition coefficient (Wildman–Crippen LogP) is 3.17. The molecule has 0 unspecified atom stereocenters. The zero-order valence-corrected chi connectivity index (χ0v) is 19.7. The van der Waals surface area contributed by atoms with Crippen LogP contribution < -0.4 is 11.1 Å². The molecule has 1 fully saturated rings. The summed E-state index contributed by atoms with van der Waals surface area (Å²) in [5.41, 5.74) is 7.45. The summed E-state index contributed by atoms with van der Waals surface area (Å²) in [5, 5.41) is 16.6. The third-order valence-electron chi connectivity index (χ3n) is 6.42. The van der Waals surface area contributed by atoms with Crippen LogP contribution in [0.15, 0.2) is 18.3 Å². The van der Waals surface area contributed by atoms with E-state index in [0.717, 1.165) is 25.7 Å². The van der Waals surface area contributed by atoms with Crippen LogP contribution in [0.25, 0.3) is 27.9 Å². The molecule has 4 N–H and O–H groups in total. The molecule has 10 nitrogen and oxygen atoms in total. The molecule has 0 atom stereocenters. The molecular formula is C23H27F3N8O2. The van der Waals surface area contributed by atoms with Crippen LogP contribution in [0.2, 0.25) is 0 Å². The van der Waals surface area contributed by atoms with Crippen molar-refractivity contribution in [2.24, 2.45) is 0 Å². The number of aryl methyl sites for hydroxylation is 1. The van der Waals surface area contributed by atoms with Gasteiger partial charge in [-0.1, -0.05) is 0 Å². The van der Waals surface area contributed by atoms with Crippen molar-refractivity contribution >= 4 is 28.4 Å². The molecule has 36 heavy (non-hydrogen) atoms. The van der Waals surface area contributed by atoms with E-state index in [1.165, 1.54) is 15.3 Å². The van der Waals surface area contributed by atoms with Gasteiger partial charge in [0.1, 0.15) is 16.9 Å². The lowest BCUT2D eigenvalue weighted by Crippen LogP contribution is -2.31. The Morgan fingerprint density at radius 1 is 1.19 bits per heavy atom. The van der Waals surface area contributed by atoms with Crippen LogP contribution in [-0.2, 0) is 11.3 Å². The highest BCUT2D eigenvalue weighted by molar-refractivity contribution is 5.89. The Morgan fingerprint density at radius 3 is 2.69 bits per heavy atom. The molecule has 0 amide bonds. The number of alkyl halides is 2.